The maximum absolute atomic E-state index is 12.2. The average Bonchev–Trinajstić information content (AvgIpc) is 2.21. The summed E-state index contributed by atoms with van der Waals surface area (Å²) in [7, 11) is 0. The van der Waals surface area contributed by atoms with Crippen molar-refractivity contribution in [2.45, 2.75) is 50.3 Å². The molecule has 19 heavy (non-hydrogen) atoms. The third-order valence-corrected chi connectivity index (χ3v) is 2.82. The first-order chi connectivity index (χ1) is 8.61. The van der Waals surface area contributed by atoms with Crippen molar-refractivity contribution >= 4 is 23.5 Å². The maximum atomic E-state index is 12.2. The second kappa shape index (κ2) is 5.96. The van der Waals surface area contributed by atoms with Crippen molar-refractivity contribution in [3.8, 4) is 0 Å². The van der Waals surface area contributed by atoms with E-state index >= 15 is 0 Å². The normalized spacial score (nSPS) is 31.7. The highest BCUT2D eigenvalue weighted by Crippen LogP contribution is 2.26. The molecule has 1 fully saturated rings. The minimum absolute atomic E-state index is 0.0916. The molecule has 110 valence electrons. The van der Waals surface area contributed by atoms with Gasteiger partial charge >= 0.3 is 18.1 Å². The number of alkyl halides is 4. The third kappa shape index (κ3) is 4.54. The van der Waals surface area contributed by atoms with Gasteiger partial charge in [-0.25, -0.2) is 0 Å². The number of carbonyl (C=O) groups excluding carboxylic acids is 2. The van der Waals surface area contributed by atoms with Gasteiger partial charge in [-0.15, -0.1) is 0 Å². The van der Waals surface area contributed by atoms with Gasteiger partial charge in [0, 0.05) is 13.3 Å². The van der Waals surface area contributed by atoms with Gasteiger partial charge in [-0.2, -0.15) is 13.2 Å². The lowest BCUT2D eigenvalue weighted by Gasteiger charge is -2.38. The lowest BCUT2D eigenvalue weighted by Crippen LogP contribution is -2.57. The Hall–Kier alpha value is -1.02. The molecule has 1 saturated heterocycles. The number of hydrogen-bond acceptors (Lipinski definition) is 4. The van der Waals surface area contributed by atoms with E-state index in [1.165, 1.54) is 6.92 Å². The Labute approximate surface area is 112 Å². The second-order valence-corrected chi connectivity index (χ2v) is 4.63. The third-order valence-electron chi connectivity index (χ3n) is 2.54. The SMILES string of the molecule is CC(=O)O[C@H]1[C@@H](NC(=O)C(F)(F)F)C[C@H](Cl)O[C@H]1C. The van der Waals surface area contributed by atoms with Crippen LogP contribution in [0.25, 0.3) is 0 Å². The van der Waals surface area contributed by atoms with Crippen molar-refractivity contribution < 1.29 is 32.2 Å². The van der Waals surface area contributed by atoms with Crippen LogP contribution in [0.1, 0.15) is 20.3 Å². The highest BCUT2D eigenvalue weighted by atomic mass is 35.5. The van der Waals surface area contributed by atoms with Gasteiger partial charge < -0.3 is 14.8 Å². The van der Waals surface area contributed by atoms with Crippen molar-refractivity contribution in [3.05, 3.63) is 0 Å². The average molecular weight is 304 g/mol. The summed E-state index contributed by atoms with van der Waals surface area (Å²) < 4.78 is 46.6. The maximum Gasteiger partial charge on any atom is 0.471 e. The Bertz CT molecular complexity index is 363. The Morgan fingerprint density at radius 1 is 1.42 bits per heavy atom. The summed E-state index contributed by atoms with van der Waals surface area (Å²) in [4.78, 5) is 21.8. The van der Waals surface area contributed by atoms with E-state index in [-0.39, 0.29) is 6.42 Å². The first-order valence-electron chi connectivity index (χ1n) is 5.45. The Morgan fingerprint density at radius 2 is 2.00 bits per heavy atom. The molecule has 0 spiro atoms. The zero-order valence-corrected chi connectivity index (χ0v) is 10.9. The number of nitrogens with one attached hydrogen (secondary N) is 1. The van der Waals surface area contributed by atoms with Crippen molar-refractivity contribution in [2.75, 3.05) is 0 Å². The van der Waals surface area contributed by atoms with Crippen LogP contribution in [-0.4, -0.2) is 41.9 Å². The Balaban J connectivity index is 2.79. The summed E-state index contributed by atoms with van der Waals surface area (Å²) in [5, 5.41) is 1.77. The molecule has 1 N–H and O–H groups in total. The van der Waals surface area contributed by atoms with Gasteiger partial charge in [0.05, 0.1) is 12.1 Å². The van der Waals surface area contributed by atoms with Gasteiger partial charge in [0.25, 0.3) is 0 Å². The second-order valence-electron chi connectivity index (χ2n) is 4.14. The van der Waals surface area contributed by atoms with E-state index in [1.54, 1.807) is 5.32 Å². The molecule has 4 atom stereocenters. The summed E-state index contributed by atoms with van der Waals surface area (Å²) in [6.07, 6.45) is -6.84. The molecule has 0 aromatic carbocycles. The molecule has 0 bridgehead atoms. The molecule has 1 aliphatic heterocycles. The van der Waals surface area contributed by atoms with E-state index in [9.17, 15) is 22.8 Å². The minimum Gasteiger partial charge on any atom is -0.458 e. The number of ether oxygens (including phenoxy) is 2. The van der Waals surface area contributed by atoms with E-state index in [0.717, 1.165) is 6.92 Å². The zero-order chi connectivity index (χ0) is 14.8. The van der Waals surface area contributed by atoms with Crippen molar-refractivity contribution in [1.82, 2.24) is 5.32 Å². The monoisotopic (exact) mass is 303 g/mol. The van der Waals surface area contributed by atoms with Crippen molar-refractivity contribution in [3.63, 3.8) is 0 Å². The fraction of sp³-hybridized carbons (Fsp3) is 0.800. The van der Waals surface area contributed by atoms with E-state index in [0.29, 0.717) is 0 Å². The van der Waals surface area contributed by atoms with Gasteiger partial charge in [-0.05, 0) is 6.92 Å². The summed E-state index contributed by atoms with van der Waals surface area (Å²) in [6, 6.07) is -1.05. The molecule has 1 amide bonds. The molecule has 0 aliphatic carbocycles. The molecular formula is C10H13ClF3NO4. The van der Waals surface area contributed by atoms with Crippen LogP contribution in [0, 0.1) is 0 Å². The smallest absolute Gasteiger partial charge is 0.458 e. The molecule has 5 nitrogen and oxygen atoms in total. The summed E-state index contributed by atoms with van der Waals surface area (Å²) >= 11 is 5.71. The number of hydrogen-bond donors (Lipinski definition) is 1. The lowest BCUT2D eigenvalue weighted by atomic mass is 10.00. The molecule has 1 aliphatic rings. The van der Waals surface area contributed by atoms with Crippen LogP contribution in [0.5, 0.6) is 0 Å². The topological polar surface area (TPSA) is 64.6 Å². The predicted molar refractivity (Wildman–Crippen MR) is 58.3 cm³/mol. The number of esters is 1. The highest BCUT2D eigenvalue weighted by Gasteiger charge is 2.44. The van der Waals surface area contributed by atoms with Gasteiger partial charge in [0.2, 0.25) is 0 Å². The quantitative estimate of drug-likeness (QED) is 0.617. The predicted octanol–water partition coefficient (Wildman–Crippen LogP) is 1.34. The van der Waals surface area contributed by atoms with Gasteiger partial charge in [-0.3, -0.25) is 9.59 Å². The van der Waals surface area contributed by atoms with Gasteiger partial charge in [0.1, 0.15) is 11.7 Å². The van der Waals surface area contributed by atoms with Crippen LogP contribution in [0.2, 0.25) is 0 Å². The summed E-state index contributed by atoms with van der Waals surface area (Å²) in [5.74, 6) is -2.78. The number of carbonyl (C=O) groups is 2. The molecule has 1 heterocycles. The summed E-state index contributed by atoms with van der Waals surface area (Å²) in [6.45, 7) is 2.61. The number of rotatable bonds is 2. The van der Waals surface area contributed by atoms with E-state index in [2.05, 4.69) is 0 Å². The van der Waals surface area contributed by atoms with Crippen LogP contribution in [0.3, 0.4) is 0 Å². The fourth-order valence-electron chi connectivity index (χ4n) is 1.79. The van der Waals surface area contributed by atoms with Gasteiger partial charge in [-0.1, -0.05) is 11.6 Å². The molecular weight excluding hydrogens is 291 g/mol. The Kier molecular flexibility index (Phi) is 5.03. The lowest BCUT2D eigenvalue weighted by molar-refractivity contribution is -0.182. The van der Waals surface area contributed by atoms with Crippen LogP contribution in [-0.2, 0) is 19.1 Å². The molecule has 0 aromatic rings. The van der Waals surface area contributed by atoms with Crippen LogP contribution in [0.15, 0.2) is 0 Å². The summed E-state index contributed by atoms with van der Waals surface area (Å²) in [5.41, 5.74) is -0.861. The molecule has 1 rings (SSSR count). The first kappa shape index (κ1) is 16.0. The van der Waals surface area contributed by atoms with E-state index in [1.807, 2.05) is 0 Å². The fourth-order valence-corrected chi connectivity index (χ4v) is 2.14. The van der Waals surface area contributed by atoms with Crippen molar-refractivity contribution in [2.24, 2.45) is 0 Å². The molecule has 0 saturated carbocycles. The number of amides is 1. The van der Waals surface area contributed by atoms with Crippen molar-refractivity contribution in [1.29, 1.82) is 0 Å². The number of halogens is 4. The first-order valence-corrected chi connectivity index (χ1v) is 5.89. The molecule has 0 unspecified atom stereocenters. The molecule has 9 heteroatoms. The molecule has 0 aromatic heterocycles. The van der Waals surface area contributed by atoms with Crippen LogP contribution >= 0.6 is 11.6 Å². The van der Waals surface area contributed by atoms with E-state index in [4.69, 9.17) is 21.1 Å². The van der Waals surface area contributed by atoms with Crippen LogP contribution in [0.4, 0.5) is 13.2 Å². The van der Waals surface area contributed by atoms with E-state index < -0.39 is 41.9 Å². The van der Waals surface area contributed by atoms with Gasteiger partial charge in [0.15, 0.2) is 0 Å². The highest BCUT2D eigenvalue weighted by molar-refractivity contribution is 6.19. The molecule has 0 radical (unpaired) electrons. The standard InChI is InChI=1S/C10H13ClF3NO4/c1-4-8(19-5(2)16)6(3-7(11)18-4)15-9(17)10(12,13)14/h4,6-8H,3H2,1-2H3,(H,15,17)/t4-,6-,7+,8+/m0/s1. The van der Waals surface area contributed by atoms with Crippen LogP contribution < -0.4 is 5.32 Å². The minimum atomic E-state index is -5.01. The zero-order valence-electron chi connectivity index (χ0n) is 10.2. The Morgan fingerprint density at radius 3 is 2.47 bits per heavy atom. The largest absolute Gasteiger partial charge is 0.471 e.